The Balaban J connectivity index is 2.00. The predicted molar refractivity (Wildman–Crippen MR) is 68.1 cm³/mol. The molecule has 0 amide bonds. The molecule has 0 radical (unpaired) electrons. The van der Waals surface area contributed by atoms with Crippen LogP contribution < -0.4 is 4.90 Å². The normalized spacial score (nSPS) is 19.2. The Morgan fingerprint density at radius 1 is 1.58 bits per heavy atom. The van der Waals surface area contributed by atoms with Gasteiger partial charge in [0.25, 0.3) is 5.78 Å². The molecule has 1 aliphatic rings. The number of carbonyl (C=O) groups is 1. The van der Waals surface area contributed by atoms with Crippen molar-refractivity contribution in [3.63, 3.8) is 0 Å². The fourth-order valence-electron chi connectivity index (χ4n) is 2.42. The zero-order valence-electron chi connectivity index (χ0n) is 10.7. The lowest BCUT2D eigenvalue weighted by molar-refractivity contribution is -0.140. The first-order valence-electron chi connectivity index (χ1n) is 6.36. The molecule has 0 aliphatic carbocycles. The van der Waals surface area contributed by atoms with Gasteiger partial charge in [-0.25, -0.2) is 4.98 Å². The van der Waals surface area contributed by atoms with E-state index in [-0.39, 0.29) is 5.92 Å². The Labute approximate surface area is 109 Å². The van der Waals surface area contributed by atoms with Crippen LogP contribution in [0.2, 0.25) is 0 Å². The quantitative estimate of drug-likeness (QED) is 0.871. The molecule has 0 unspecified atom stereocenters. The zero-order chi connectivity index (χ0) is 13.4. The lowest BCUT2D eigenvalue weighted by Crippen LogP contribution is -2.25. The average molecular weight is 261 g/mol. The Morgan fingerprint density at radius 2 is 2.42 bits per heavy atom. The lowest BCUT2D eigenvalue weighted by Gasteiger charge is -2.19. The van der Waals surface area contributed by atoms with Gasteiger partial charge in [0.2, 0.25) is 0 Å². The Morgan fingerprint density at radius 3 is 3.11 bits per heavy atom. The fourth-order valence-corrected chi connectivity index (χ4v) is 2.42. The summed E-state index contributed by atoms with van der Waals surface area (Å²) in [4.78, 5) is 21.6. The number of aryl methyl sites for hydroxylation is 1. The van der Waals surface area contributed by atoms with E-state index in [0.717, 1.165) is 24.5 Å². The van der Waals surface area contributed by atoms with Gasteiger partial charge in [0, 0.05) is 24.8 Å². The van der Waals surface area contributed by atoms with Crippen LogP contribution in [0, 0.1) is 5.92 Å². The van der Waals surface area contributed by atoms with Crippen molar-refractivity contribution >= 4 is 17.6 Å². The standard InChI is InChI=1S/C12H15N5O2/c1-2-9-5-10(17-12(15-9)13-7-14-17)16-4-3-8(6-16)11(18)19/h5,7-8H,2-4,6H2,1H3,(H,18,19)/t8-/m1/s1. The number of anilines is 1. The Bertz CT molecular complexity index is 624. The third-order valence-electron chi connectivity index (χ3n) is 3.51. The molecule has 0 bridgehead atoms. The molecule has 7 nitrogen and oxygen atoms in total. The second-order valence-electron chi connectivity index (χ2n) is 4.70. The van der Waals surface area contributed by atoms with Crippen LogP contribution in [0.1, 0.15) is 19.0 Å². The minimum atomic E-state index is -0.734. The Kier molecular flexibility index (Phi) is 2.81. The van der Waals surface area contributed by atoms with Gasteiger partial charge in [0.15, 0.2) is 0 Å². The highest BCUT2D eigenvalue weighted by Crippen LogP contribution is 2.24. The maximum atomic E-state index is 11.0. The minimum absolute atomic E-state index is 0.309. The van der Waals surface area contributed by atoms with Gasteiger partial charge in [-0.15, -0.1) is 0 Å². The van der Waals surface area contributed by atoms with Gasteiger partial charge in [0.1, 0.15) is 12.1 Å². The number of fused-ring (bicyclic) bond motifs is 1. The minimum Gasteiger partial charge on any atom is -0.481 e. The van der Waals surface area contributed by atoms with Crippen molar-refractivity contribution in [2.24, 2.45) is 5.92 Å². The Hall–Kier alpha value is -2.18. The highest BCUT2D eigenvalue weighted by atomic mass is 16.4. The van der Waals surface area contributed by atoms with E-state index in [0.29, 0.717) is 18.7 Å². The molecular formula is C12H15N5O2. The van der Waals surface area contributed by atoms with Crippen molar-refractivity contribution in [3.05, 3.63) is 18.1 Å². The second-order valence-corrected chi connectivity index (χ2v) is 4.70. The van der Waals surface area contributed by atoms with Crippen LogP contribution in [0.15, 0.2) is 12.4 Å². The van der Waals surface area contributed by atoms with Crippen LogP contribution in [-0.2, 0) is 11.2 Å². The first-order chi connectivity index (χ1) is 9.19. The summed E-state index contributed by atoms with van der Waals surface area (Å²) < 4.78 is 1.67. The molecule has 1 N–H and O–H groups in total. The number of hydrogen-bond acceptors (Lipinski definition) is 5. The molecule has 0 aromatic carbocycles. The summed E-state index contributed by atoms with van der Waals surface area (Å²) in [6.07, 6.45) is 2.94. The summed E-state index contributed by atoms with van der Waals surface area (Å²) in [7, 11) is 0. The predicted octanol–water partition coefficient (Wildman–Crippen LogP) is 0.598. The molecule has 1 atom stereocenters. The maximum absolute atomic E-state index is 11.0. The molecule has 2 aromatic rings. The monoisotopic (exact) mass is 261 g/mol. The van der Waals surface area contributed by atoms with Crippen LogP contribution in [0.3, 0.4) is 0 Å². The molecule has 1 aliphatic heterocycles. The summed E-state index contributed by atoms with van der Waals surface area (Å²) >= 11 is 0. The smallest absolute Gasteiger partial charge is 0.308 e. The van der Waals surface area contributed by atoms with E-state index in [1.807, 2.05) is 17.9 Å². The van der Waals surface area contributed by atoms with Gasteiger partial charge < -0.3 is 10.0 Å². The first-order valence-corrected chi connectivity index (χ1v) is 6.36. The van der Waals surface area contributed by atoms with E-state index >= 15 is 0 Å². The highest BCUT2D eigenvalue weighted by Gasteiger charge is 2.29. The number of rotatable bonds is 3. The number of nitrogens with zero attached hydrogens (tertiary/aromatic N) is 5. The number of aromatic nitrogens is 4. The zero-order valence-corrected chi connectivity index (χ0v) is 10.7. The third kappa shape index (κ3) is 2.00. The van der Waals surface area contributed by atoms with Gasteiger partial charge in [-0.05, 0) is 12.8 Å². The largest absolute Gasteiger partial charge is 0.481 e. The summed E-state index contributed by atoms with van der Waals surface area (Å²) in [5.41, 5.74) is 0.939. The van der Waals surface area contributed by atoms with E-state index in [2.05, 4.69) is 15.1 Å². The first kappa shape index (κ1) is 11.9. The molecule has 2 aromatic heterocycles. The lowest BCUT2D eigenvalue weighted by atomic mass is 10.1. The van der Waals surface area contributed by atoms with E-state index < -0.39 is 5.97 Å². The van der Waals surface area contributed by atoms with Gasteiger partial charge in [0.05, 0.1) is 5.92 Å². The SMILES string of the molecule is CCc1cc(N2CC[C@@H](C(=O)O)C2)n2ncnc2n1. The van der Waals surface area contributed by atoms with Crippen molar-refractivity contribution < 1.29 is 9.90 Å². The molecule has 7 heteroatoms. The summed E-state index contributed by atoms with van der Waals surface area (Å²) in [6, 6.07) is 1.96. The van der Waals surface area contributed by atoms with Crippen molar-refractivity contribution in [1.82, 2.24) is 19.6 Å². The van der Waals surface area contributed by atoms with Crippen molar-refractivity contribution in [3.8, 4) is 0 Å². The number of hydrogen-bond donors (Lipinski definition) is 1. The molecule has 100 valence electrons. The molecule has 19 heavy (non-hydrogen) atoms. The molecule has 0 saturated carbocycles. The van der Waals surface area contributed by atoms with Crippen molar-refractivity contribution in [1.29, 1.82) is 0 Å². The second kappa shape index (κ2) is 4.49. The number of aliphatic carboxylic acids is 1. The topological polar surface area (TPSA) is 83.6 Å². The van der Waals surface area contributed by atoms with Gasteiger partial charge in [-0.1, -0.05) is 6.92 Å². The van der Waals surface area contributed by atoms with Crippen LogP contribution in [0.5, 0.6) is 0 Å². The molecule has 1 saturated heterocycles. The molecular weight excluding hydrogens is 246 g/mol. The van der Waals surface area contributed by atoms with E-state index in [9.17, 15) is 4.79 Å². The van der Waals surface area contributed by atoms with Crippen LogP contribution in [0.4, 0.5) is 5.82 Å². The average Bonchev–Trinajstić information content (AvgIpc) is 3.06. The van der Waals surface area contributed by atoms with Crippen LogP contribution >= 0.6 is 0 Å². The number of carboxylic acids is 1. The maximum Gasteiger partial charge on any atom is 0.308 e. The van der Waals surface area contributed by atoms with E-state index in [4.69, 9.17) is 5.11 Å². The highest BCUT2D eigenvalue weighted by molar-refractivity contribution is 5.72. The summed E-state index contributed by atoms with van der Waals surface area (Å²) in [5.74, 6) is 0.398. The van der Waals surface area contributed by atoms with Crippen LogP contribution in [0.25, 0.3) is 5.78 Å². The number of carboxylic acid groups (broad SMARTS) is 1. The molecule has 0 spiro atoms. The third-order valence-corrected chi connectivity index (χ3v) is 3.51. The van der Waals surface area contributed by atoms with Gasteiger partial charge in [-0.3, -0.25) is 4.79 Å². The van der Waals surface area contributed by atoms with Crippen molar-refractivity contribution in [2.75, 3.05) is 18.0 Å². The van der Waals surface area contributed by atoms with Crippen molar-refractivity contribution in [2.45, 2.75) is 19.8 Å². The van der Waals surface area contributed by atoms with Crippen LogP contribution in [-0.4, -0.2) is 43.7 Å². The van der Waals surface area contributed by atoms with E-state index in [1.54, 1.807) is 4.52 Å². The van der Waals surface area contributed by atoms with Gasteiger partial charge >= 0.3 is 5.97 Å². The molecule has 3 rings (SSSR count). The molecule has 1 fully saturated rings. The summed E-state index contributed by atoms with van der Waals surface area (Å²) in [5, 5.41) is 13.2. The van der Waals surface area contributed by atoms with E-state index in [1.165, 1.54) is 6.33 Å². The van der Waals surface area contributed by atoms with Gasteiger partial charge in [-0.2, -0.15) is 14.6 Å². The molecule has 3 heterocycles. The fraction of sp³-hybridized carbons (Fsp3) is 0.500. The summed E-state index contributed by atoms with van der Waals surface area (Å²) in [6.45, 7) is 3.26.